The first-order chi connectivity index (χ1) is 14.8. The Labute approximate surface area is 180 Å². The van der Waals surface area contributed by atoms with Gasteiger partial charge < -0.3 is 16.0 Å². The van der Waals surface area contributed by atoms with Crippen molar-refractivity contribution in [1.82, 2.24) is 4.90 Å². The second-order valence-electron chi connectivity index (χ2n) is 7.67. The van der Waals surface area contributed by atoms with Crippen LogP contribution in [0.1, 0.15) is 31.2 Å². The SMILES string of the molecule is C=C(C(=O)N(C)CC(F)(F)F)c1ccc(NC(=O)[C@@H](N)C2CCC(=C(F)F)CC2)c(F)c1. The van der Waals surface area contributed by atoms with Crippen LogP contribution in [0.2, 0.25) is 0 Å². The molecule has 0 radical (unpaired) electrons. The van der Waals surface area contributed by atoms with E-state index in [2.05, 4.69) is 11.9 Å². The average molecular weight is 463 g/mol. The van der Waals surface area contributed by atoms with Gasteiger partial charge in [0.25, 0.3) is 12.0 Å². The fourth-order valence-electron chi connectivity index (χ4n) is 3.47. The van der Waals surface area contributed by atoms with Gasteiger partial charge in [-0.2, -0.15) is 22.0 Å². The first kappa shape index (κ1) is 25.4. The Morgan fingerprint density at radius 2 is 1.84 bits per heavy atom. The Hall–Kier alpha value is -2.82. The fourth-order valence-corrected chi connectivity index (χ4v) is 3.47. The minimum atomic E-state index is -4.60. The van der Waals surface area contributed by atoms with Crippen LogP contribution in [-0.2, 0) is 9.59 Å². The van der Waals surface area contributed by atoms with E-state index in [4.69, 9.17) is 5.73 Å². The topological polar surface area (TPSA) is 75.4 Å². The highest BCUT2D eigenvalue weighted by Crippen LogP contribution is 2.33. The molecule has 0 bridgehead atoms. The van der Waals surface area contributed by atoms with Gasteiger partial charge in [0.05, 0.1) is 11.7 Å². The van der Waals surface area contributed by atoms with Crippen LogP contribution in [0.5, 0.6) is 0 Å². The zero-order valence-corrected chi connectivity index (χ0v) is 17.2. The highest BCUT2D eigenvalue weighted by atomic mass is 19.4. The number of carbonyl (C=O) groups excluding carboxylic acids is 2. The van der Waals surface area contributed by atoms with E-state index >= 15 is 0 Å². The highest BCUT2D eigenvalue weighted by Gasteiger charge is 2.32. The number of halogens is 6. The van der Waals surface area contributed by atoms with Gasteiger partial charge in [-0.25, -0.2) is 4.39 Å². The van der Waals surface area contributed by atoms with Crippen LogP contribution >= 0.6 is 0 Å². The third-order valence-corrected chi connectivity index (χ3v) is 5.31. The van der Waals surface area contributed by atoms with Crippen molar-refractivity contribution in [3.05, 3.63) is 47.8 Å². The number of alkyl halides is 3. The molecule has 1 aromatic carbocycles. The number of allylic oxidation sites excluding steroid dienone is 1. The number of nitrogens with one attached hydrogen (secondary N) is 1. The van der Waals surface area contributed by atoms with Gasteiger partial charge in [0, 0.05) is 12.6 Å². The Morgan fingerprint density at radius 1 is 1.25 bits per heavy atom. The molecule has 32 heavy (non-hydrogen) atoms. The molecule has 2 amide bonds. The number of benzene rings is 1. The van der Waals surface area contributed by atoms with E-state index in [-0.39, 0.29) is 41.2 Å². The number of carbonyl (C=O) groups is 2. The molecule has 0 saturated heterocycles. The molecule has 0 spiro atoms. The van der Waals surface area contributed by atoms with Gasteiger partial charge in [-0.05, 0) is 54.9 Å². The lowest BCUT2D eigenvalue weighted by Crippen LogP contribution is -2.43. The summed E-state index contributed by atoms with van der Waals surface area (Å²) in [5.41, 5.74) is 5.32. The number of rotatable bonds is 6. The summed E-state index contributed by atoms with van der Waals surface area (Å²) in [6.45, 7) is 1.94. The van der Waals surface area contributed by atoms with Crippen molar-refractivity contribution in [3.63, 3.8) is 0 Å². The quantitative estimate of drug-likeness (QED) is 0.483. The Balaban J connectivity index is 2.02. The summed E-state index contributed by atoms with van der Waals surface area (Å²) in [5, 5.41) is 2.32. The Bertz CT molecular complexity index is 915. The minimum absolute atomic E-state index is 0.0474. The van der Waals surface area contributed by atoms with Crippen LogP contribution in [0.15, 0.2) is 36.4 Å². The van der Waals surface area contributed by atoms with E-state index in [0.29, 0.717) is 17.7 Å². The molecule has 0 aliphatic heterocycles. The summed E-state index contributed by atoms with van der Waals surface area (Å²) in [6.07, 6.45) is -5.44. The van der Waals surface area contributed by atoms with Crippen LogP contribution in [0.3, 0.4) is 0 Å². The molecule has 0 heterocycles. The zero-order valence-electron chi connectivity index (χ0n) is 17.2. The van der Waals surface area contributed by atoms with Crippen molar-refractivity contribution in [3.8, 4) is 0 Å². The van der Waals surface area contributed by atoms with Crippen molar-refractivity contribution >= 4 is 23.1 Å². The molecule has 1 aromatic rings. The number of anilines is 1. The first-order valence-electron chi connectivity index (χ1n) is 9.70. The predicted molar refractivity (Wildman–Crippen MR) is 107 cm³/mol. The summed E-state index contributed by atoms with van der Waals surface area (Å²) < 4.78 is 77.1. The molecule has 0 unspecified atom stereocenters. The third-order valence-electron chi connectivity index (χ3n) is 5.31. The van der Waals surface area contributed by atoms with E-state index in [1.54, 1.807) is 0 Å². The number of nitrogens with two attached hydrogens (primary N) is 1. The maximum absolute atomic E-state index is 14.5. The number of likely N-dealkylation sites (N-methyl/N-ethyl adjacent to an activating group) is 1. The second-order valence-corrected chi connectivity index (χ2v) is 7.67. The Kier molecular flexibility index (Phi) is 8.11. The van der Waals surface area contributed by atoms with Gasteiger partial charge in [0.2, 0.25) is 5.91 Å². The van der Waals surface area contributed by atoms with Crippen molar-refractivity contribution in [2.24, 2.45) is 11.7 Å². The number of nitrogens with zero attached hydrogens (tertiary/aromatic N) is 1. The van der Waals surface area contributed by atoms with Crippen LogP contribution in [0.25, 0.3) is 5.57 Å². The van der Waals surface area contributed by atoms with Crippen molar-refractivity contribution in [1.29, 1.82) is 0 Å². The molecular formula is C21H23F6N3O2. The van der Waals surface area contributed by atoms with E-state index in [9.17, 15) is 35.9 Å². The normalized spacial score (nSPS) is 17.5. The standard InChI is InChI=1S/C21H23F6N3O2/c1-11(20(32)30(2)10-21(25,26)27)14-7-8-16(15(22)9-14)29-19(31)17(28)12-3-5-13(6-4-12)18(23)24/h7-9,12,17H,1,3-6,10,28H2,2H3,(H,29,31)/t17-/m0/s1. The molecular weight excluding hydrogens is 440 g/mol. The average Bonchev–Trinajstić information content (AvgIpc) is 2.72. The monoisotopic (exact) mass is 463 g/mol. The molecule has 11 heteroatoms. The lowest BCUT2D eigenvalue weighted by molar-refractivity contribution is -0.154. The molecule has 1 atom stereocenters. The third kappa shape index (κ3) is 6.59. The van der Waals surface area contributed by atoms with Gasteiger partial charge in [0.15, 0.2) is 0 Å². The summed E-state index contributed by atoms with van der Waals surface area (Å²) in [6, 6.07) is 2.20. The highest BCUT2D eigenvalue weighted by molar-refractivity contribution is 6.18. The summed E-state index contributed by atoms with van der Waals surface area (Å²) in [4.78, 5) is 24.9. The van der Waals surface area contributed by atoms with Crippen molar-refractivity contribution in [2.75, 3.05) is 18.9 Å². The van der Waals surface area contributed by atoms with Gasteiger partial charge in [-0.3, -0.25) is 9.59 Å². The van der Waals surface area contributed by atoms with Crippen LogP contribution < -0.4 is 11.1 Å². The minimum Gasteiger partial charge on any atom is -0.333 e. The van der Waals surface area contributed by atoms with Gasteiger partial charge in [0.1, 0.15) is 12.4 Å². The molecule has 3 N–H and O–H groups in total. The molecule has 2 rings (SSSR count). The van der Waals surface area contributed by atoms with Crippen LogP contribution in [0.4, 0.5) is 32.0 Å². The lowest BCUT2D eigenvalue weighted by atomic mass is 9.81. The summed E-state index contributed by atoms with van der Waals surface area (Å²) in [7, 11) is 0.944. The molecule has 176 valence electrons. The zero-order chi connectivity index (χ0) is 24.2. The van der Waals surface area contributed by atoms with E-state index in [0.717, 1.165) is 19.2 Å². The lowest BCUT2D eigenvalue weighted by Gasteiger charge is -2.27. The molecule has 5 nitrogen and oxygen atoms in total. The van der Waals surface area contributed by atoms with Gasteiger partial charge in [-0.1, -0.05) is 12.6 Å². The molecule has 1 fully saturated rings. The molecule has 1 aliphatic carbocycles. The number of hydrogen-bond donors (Lipinski definition) is 2. The van der Waals surface area contributed by atoms with Crippen LogP contribution in [-0.4, -0.2) is 42.5 Å². The van der Waals surface area contributed by atoms with E-state index in [1.807, 2.05) is 0 Å². The fraction of sp³-hybridized carbons (Fsp3) is 0.429. The second kappa shape index (κ2) is 10.2. The summed E-state index contributed by atoms with van der Waals surface area (Å²) in [5.74, 6) is -3.02. The number of hydrogen-bond acceptors (Lipinski definition) is 3. The predicted octanol–water partition coefficient (Wildman–Crippen LogP) is 4.47. The van der Waals surface area contributed by atoms with Crippen molar-refractivity contribution < 1.29 is 35.9 Å². The van der Waals surface area contributed by atoms with E-state index < -0.39 is 42.5 Å². The largest absolute Gasteiger partial charge is 0.406 e. The molecule has 1 saturated carbocycles. The van der Waals surface area contributed by atoms with Gasteiger partial charge >= 0.3 is 6.18 Å². The Morgan fingerprint density at radius 3 is 2.34 bits per heavy atom. The maximum atomic E-state index is 14.5. The molecule has 1 aliphatic rings. The van der Waals surface area contributed by atoms with Gasteiger partial charge in [-0.15, -0.1) is 0 Å². The van der Waals surface area contributed by atoms with E-state index in [1.165, 1.54) is 6.07 Å². The maximum Gasteiger partial charge on any atom is 0.406 e. The van der Waals surface area contributed by atoms with Crippen molar-refractivity contribution in [2.45, 2.75) is 37.9 Å². The summed E-state index contributed by atoms with van der Waals surface area (Å²) >= 11 is 0. The first-order valence-corrected chi connectivity index (χ1v) is 9.70. The number of amides is 2. The molecule has 0 aromatic heterocycles. The smallest absolute Gasteiger partial charge is 0.333 e. The van der Waals surface area contributed by atoms with Crippen LogP contribution in [0, 0.1) is 11.7 Å².